The number of nitriles is 1. The highest BCUT2D eigenvalue weighted by Crippen LogP contribution is 2.22. The molecule has 0 aromatic heterocycles. The Morgan fingerprint density at radius 3 is 2.55 bits per heavy atom. The van der Waals surface area contributed by atoms with Gasteiger partial charge in [0.1, 0.15) is 6.07 Å². The Balaban J connectivity index is 2.23. The van der Waals surface area contributed by atoms with E-state index in [-0.39, 0.29) is 5.91 Å². The largest absolute Gasteiger partial charge is 0.321 e. The summed E-state index contributed by atoms with van der Waals surface area (Å²) in [7, 11) is 0. The Bertz CT molecular complexity index is 677. The van der Waals surface area contributed by atoms with Crippen LogP contribution in [0.3, 0.4) is 0 Å². The van der Waals surface area contributed by atoms with Crippen molar-refractivity contribution < 1.29 is 4.79 Å². The minimum atomic E-state index is -0.229. The molecule has 0 saturated heterocycles. The number of carbonyl (C=O) groups excluding carboxylic acids is 1. The van der Waals surface area contributed by atoms with Gasteiger partial charge in [-0.05, 0) is 48.7 Å². The first-order valence-corrected chi connectivity index (χ1v) is 7.81. The van der Waals surface area contributed by atoms with Crippen LogP contribution in [-0.4, -0.2) is 12.2 Å². The quantitative estimate of drug-likeness (QED) is 0.843. The minimum absolute atomic E-state index is 0.229. The Morgan fingerprint density at radius 2 is 1.95 bits per heavy atom. The number of rotatable bonds is 3. The highest BCUT2D eigenvalue weighted by Gasteiger charge is 2.09. The lowest BCUT2D eigenvalue weighted by atomic mass is 10.1. The molecule has 0 spiro atoms. The lowest BCUT2D eigenvalue weighted by Gasteiger charge is -2.08. The molecule has 0 saturated carbocycles. The summed E-state index contributed by atoms with van der Waals surface area (Å²) in [5.41, 5.74) is 1.50. The molecule has 0 aliphatic heterocycles. The molecule has 2 aromatic rings. The molecule has 0 aliphatic carbocycles. The van der Waals surface area contributed by atoms with Gasteiger partial charge in [-0.1, -0.05) is 15.9 Å². The van der Waals surface area contributed by atoms with Gasteiger partial charge in [0.2, 0.25) is 0 Å². The van der Waals surface area contributed by atoms with E-state index in [0.717, 1.165) is 9.37 Å². The van der Waals surface area contributed by atoms with Crippen LogP contribution in [0.15, 0.2) is 51.8 Å². The lowest BCUT2D eigenvalue weighted by molar-refractivity contribution is 0.102. The van der Waals surface area contributed by atoms with Crippen LogP contribution >= 0.6 is 27.7 Å². The molecule has 0 unspecified atom stereocenters. The van der Waals surface area contributed by atoms with E-state index in [1.165, 1.54) is 0 Å². The van der Waals surface area contributed by atoms with Gasteiger partial charge in [0.25, 0.3) is 5.91 Å². The summed E-state index contributed by atoms with van der Waals surface area (Å²) in [6, 6.07) is 14.5. The third kappa shape index (κ3) is 3.41. The summed E-state index contributed by atoms with van der Waals surface area (Å²) in [5.74, 6) is -0.229. The fourth-order valence-corrected chi connectivity index (χ4v) is 2.42. The van der Waals surface area contributed by atoms with Crippen LogP contribution in [0.25, 0.3) is 0 Å². The average molecular weight is 347 g/mol. The number of halogens is 1. The topological polar surface area (TPSA) is 52.9 Å². The van der Waals surface area contributed by atoms with Gasteiger partial charge in [-0.25, -0.2) is 0 Å². The second-order valence-electron chi connectivity index (χ2n) is 3.98. The van der Waals surface area contributed by atoms with E-state index in [1.807, 2.05) is 18.4 Å². The molecule has 0 radical (unpaired) electrons. The Labute approximate surface area is 130 Å². The van der Waals surface area contributed by atoms with Crippen molar-refractivity contribution in [3.8, 4) is 6.07 Å². The van der Waals surface area contributed by atoms with Gasteiger partial charge in [-0.2, -0.15) is 5.26 Å². The summed E-state index contributed by atoms with van der Waals surface area (Å²) in [6.45, 7) is 0. The maximum Gasteiger partial charge on any atom is 0.255 e. The average Bonchev–Trinajstić information content (AvgIpc) is 2.47. The molecule has 0 fully saturated rings. The number of hydrogen-bond acceptors (Lipinski definition) is 3. The first-order chi connectivity index (χ1) is 9.63. The normalized spacial score (nSPS) is 9.85. The van der Waals surface area contributed by atoms with Crippen LogP contribution < -0.4 is 5.32 Å². The maximum atomic E-state index is 12.2. The van der Waals surface area contributed by atoms with Gasteiger partial charge in [0.05, 0.1) is 11.3 Å². The SMILES string of the molecule is CSc1ccc(C(=O)Nc2cc(Br)ccc2C#N)cc1. The minimum Gasteiger partial charge on any atom is -0.321 e. The molecule has 1 N–H and O–H groups in total. The fourth-order valence-electron chi connectivity index (χ4n) is 1.65. The molecule has 0 aliphatic rings. The summed E-state index contributed by atoms with van der Waals surface area (Å²) in [5, 5.41) is 11.8. The van der Waals surface area contributed by atoms with Crippen LogP contribution in [0, 0.1) is 11.3 Å². The molecule has 2 aromatic carbocycles. The van der Waals surface area contributed by atoms with Crippen molar-refractivity contribution in [3.63, 3.8) is 0 Å². The van der Waals surface area contributed by atoms with Gasteiger partial charge in [-0.15, -0.1) is 11.8 Å². The third-order valence-electron chi connectivity index (χ3n) is 2.70. The van der Waals surface area contributed by atoms with Crippen LogP contribution in [0.4, 0.5) is 5.69 Å². The standard InChI is InChI=1S/C15H11BrN2OS/c1-20-13-6-3-10(4-7-13)15(19)18-14-8-12(16)5-2-11(14)9-17/h2-8H,1H3,(H,18,19). The van der Waals surface area contributed by atoms with Gasteiger partial charge < -0.3 is 5.32 Å². The maximum absolute atomic E-state index is 12.2. The first-order valence-electron chi connectivity index (χ1n) is 5.79. The highest BCUT2D eigenvalue weighted by atomic mass is 79.9. The second kappa shape index (κ2) is 6.60. The molecule has 3 nitrogen and oxygen atoms in total. The number of anilines is 1. The lowest BCUT2D eigenvalue weighted by Crippen LogP contribution is -2.12. The smallest absolute Gasteiger partial charge is 0.255 e. The molecule has 100 valence electrons. The molecule has 20 heavy (non-hydrogen) atoms. The van der Waals surface area contributed by atoms with E-state index in [1.54, 1.807) is 42.1 Å². The number of nitrogens with one attached hydrogen (secondary N) is 1. The number of thioether (sulfide) groups is 1. The van der Waals surface area contributed by atoms with Crippen molar-refractivity contribution in [2.75, 3.05) is 11.6 Å². The van der Waals surface area contributed by atoms with E-state index in [2.05, 4.69) is 27.3 Å². The predicted octanol–water partition coefficient (Wildman–Crippen LogP) is 4.29. The summed E-state index contributed by atoms with van der Waals surface area (Å²) in [6.07, 6.45) is 1.98. The molecule has 2 rings (SSSR count). The zero-order valence-electron chi connectivity index (χ0n) is 10.7. The molecule has 0 bridgehead atoms. The summed E-state index contributed by atoms with van der Waals surface area (Å²) in [4.78, 5) is 13.2. The van der Waals surface area contributed by atoms with Crippen molar-refractivity contribution in [3.05, 3.63) is 58.1 Å². The second-order valence-corrected chi connectivity index (χ2v) is 5.78. The van der Waals surface area contributed by atoms with Gasteiger partial charge in [0.15, 0.2) is 0 Å². The number of nitrogens with zero attached hydrogens (tertiary/aromatic N) is 1. The Hall–Kier alpha value is -1.77. The molecule has 5 heteroatoms. The van der Waals surface area contributed by atoms with Crippen molar-refractivity contribution in [2.24, 2.45) is 0 Å². The van der Waals surface area contributed by atoms with Crippen molar-refractivity contribution in [2.45, 2.75) is 4.90 Å². The number of benzene rings is 2. The molecular formula is C15H11BrN2OS. The van der Waals surface area contributed by atoms with Gasteiger partial charge in [-0.3, -0.25) is 4.79 Å². The Morgan fingerprint density at radius 1 is 1.25 bits per heavy atom. The zero-order chi connectivity index (χ0) is 14.5. The summed E-state index contributed by atoms with van der Waals surface area (Å²) >= 11 is 4.95. The van der Waals surface area contributed by atoms with Crippen molar-refractivity contribution >= 4 is 39.3 Å². The molecule has 1 amide bonds. The van der Waals surface area contributed by atoms with E-state index < -0.39 is 0 Å². The van der Waals surface area contributed by atoms with Crippen molar-refractivity contribution in [1.29, 1.82) is 5.26 Å². The van der Waals surface area contributed by atoms with Crippen LogP contribution in [0.1, 0.15) is 15.9 Å². The van der Waals surface area contributed by atoms with Gasteiger partial charge >= 0.3 is 0 Å². The summed E-state index contributed by atoms with van der Waals surface area (Å²) < 4.78 is 0.810. The first kappa shape index (κ1) is 14.6. The van der Waals surface area contributed by atoms with E-state index in [9.17, 15) is 4.79 Å². The highest BCUT2D eigenvalue weighted by molar-refractivity contribution is 9.10. The van der Waals surface area contributed by atoms with E-state index in [4.69, 9.17) is 5.26 Å². The predicted molar refractivity (Wildman–Crippen MR) is 85.0 cm³/mol. The fraction of sp³-hybridized carbons (Fsp3) is 0.0667. The van der Waals surface area contributed by atoms with Crippen LogP contribution in [-0.2, 0) is 0 Å². The van der Waals surface area contributed by atoms with Crippen LogP contribution in [0.2, 0.25) is 0 Å². The number of amides is 1. The van der Waals surface area contributed by atoms with E-state index >= 15 is 0 Å². The zero-order valence-corrected chi connectivity index (χ0v) is 13.1. The van der Waals surface area contributed by atoms with Crippen LogP contribution in [0.5, 0.6) is 0 Å². The molecular weight excluding hydrogens is 336 g/mol. The van der Waals surface area contributed by atoms with Crippen molar-refractivity contribution in [1.82, 2.24) is 0 Å². The molecule has 0 atom stereocenters. The third-order valence-corrected chi connectivity index (χ3v) is 3.94. The van der Waals surface area contributed by atoms with E-state index in [0.29, 0.717) is 16.8 Å². The van der Waals surface area contributed by atoms with Gasteiger partial charge in [0, 0.05) is 14.9 Å². The number of carbonyl (C=O) groups is 1. The number of hydrogen-bond donors (Lipinski definition) is 1. The Kier molecular flexibility index (Phi) is 4.83. The molecule has 0 heterocycles. The monoisotopic (exact) mass is 346 g/mol.